The zero-order valence-electron chi connectivity index (χ0n) is 9.64. The van der Waals surface area contributed by atoms with Crippen LogP contribution in [0.1, 0.15) is 17.1 Å². The van der Waals surface area contributed by atoms with E-state index < -0.39 is 0 Å². The Morgan fingerprint density at radius 3 is 2.78 bits per heavy atom. The summed E-state index contributed by atoms with van der Waals surface area (Å²) in [5.74, 6) is 0. The predicted molar refractivity (Wildman–Crippen MR) is 86.2 cm³/mol. The summed E-state index contributed by atoms with van der Waals surface area (Å²) in [4.78, 5) is 5.65. The minimum Gasteiger partial charge on any atom is -0.327 e. The summed E-state index contributed by atoms with van der Waals surface area (Å²) in [5.41, 5.74) is 6.10. The van der Waals surface area contributed by atoms with Crippen molar-refractivity contribution in [2.75, 3.05) is 0 Å². The molecule has 2 unspecified atom stereocenters. The zero-order valence-corrected chi connectivity index (χ0v) is 14.4. The lowest BCUT2D eigenvalue weighted by Crippen LogP contribution is -2.22. The van der Waals surface area contributed by atoms with Crippen LogP contribution >= 0.6 is 55.0 Å². The molecule has 2 aromatic rings. The fraction of sp³-hybridized carbons (Fsp3) is 0.250. The molecule has 0 aliphatic rings. The van der Waals surface area contributed by atoms with Crippen LogP contribution in [0.5, 0.6) is 0 Å². The van der Waals surface area contributed by atoms with Gasteiger partial charge < -0.3 is 5.73 Å². The normalized spacial score (nSPS) is 14.4. The van der Waals surface area contributed by atoms with E-state index in [0.717, 1.165) is 14.0 Å². The molecule has 6 heteroatoms. The van der Waals surface area contributed by atoms with E-state index in [1.807, 2.05) is 19.1 Å². The van der Waals surface area contributed by atoms with Crippen molar-refractivity contribution in [1.82, 2.24) is 4.98 Å². The van der Waals surface area contributed by atoms with Crippen molar-refractivity contribution in [3.63, 3.8) is 0 Å². The lowest BCUT2D eigenvalue weighted by molar-refractivity contribution is 0.728. The number of thioether (sulfide) groups is 1. The molecule has 2 heterocycles. The predicted octanol–water partition coefficient (Wildman–Crippen LogP) is 4.85. The van der Waals surface area contributed by atoms with E-state index in [2.05, 4.69) is 48.3 Å². The molecule has 0 amide bonds. The van der Waals surface area contributed by atoms with Crippen molar-refractivity contribution in [2.24, 2.45) is 5.73 Å². The highest BCUT2D eigenvalue weighted by atomic mass is 79.9. The maximum absolute atomic E-state index is 6.10. The van der Waals surface area contributed by atoms with Crippen molar-refractivity contribution in [3.05, 3.63) is 43.6 Å². The fourth-order valence-corrected chi connectivity index (χ4v) is 4.81. The Labute approximate surface area is 132 Å². The maximum atomic E-state index is 6.10. The van der Waals surface area contributed by atoms with Crippen LogP contribution in [-0.2, 0) is 0 Å². The van der Waals surface area contributed by atoms with Crippen LogP contribution < -0.4 is 5.73 Å². The first-order chi connectivity index (χ1) is 8.58. The highest BCUT2D eigenvalue weighted by Gasteiger charge is 2.21. The monoisotopic (exact) mass is 406 g/mol. The van der Waals surface area contributed by atoms with Crippen molar-refractivity contribution in [1.29, 1.82) is 0 Å². The molecule has 2 aromatic heterocycles. The summed E-state index contributed by atoms with van der Waals surface area (Å²) in [7, 11) is 0. The SMILES string of the molecule is CC(N)C(Sc1ncccc1Br)c1cc(Br)cs1. The number of hydrogen-bond acceptors (Lipinski definition) is 4. The topological polar surface area (TPSA) is 38.9 Å². The Morgan fingerprint density at radius 2 is 2.22 bits per heavy atom. The van der Waals surface area contributed by atoms with Crippen LogP contribution in [0, 0.1) is 0 Å². The number of rotatable bonds is 4. The number of halogens is 2. The van der Waals surface area contributed by atoms with Gasteiger partial charge in [-0.3, -0.25) is 0 Å². The number of hydrogen-bond donors (Lipinski definition) is 1. The molecule has 2 N–H and O–H groups in total. The first-order valence-electron chi connectivity index (χ1n) is 5.34. The van der Waals surface area contributed by atoms with Gasteiger partial charge in [-0.05, 0) is 57.0 Å². The molecule has 2 rings (SSSR count). The lowest BCUT2D eigenvalue weighted by atomic mass is 10.2. The van der Waals surface area contributed by atoms with E-state index >= 15 is 0 Å². The standard InChI is InChI=1S/C12H12Br2N2S2/c1-7(15)11(10-5-8(13)6-17-10)18-12-9(14)3-2-4-16-12/h2-7,11H,15H2,1H3. The van der Waals surface area contributed by atoms with E-state index in [-0.39, 0.29) is 11.3 Å². The van der Waals surface area contributed by atoms with Crippen LogP contribution in [0.4, 0.5) is 0 Å². The molecule has 0 saturated heterocycles. The molecular weight excluding hydrogens is 396 g/mol. The van der Waals surface area contributed by atoms with Gasteiger partial charge in [-0.15, -0.1) is 11.3 Å². The van der Waals surface area contributed by atoms with Crippen molar-refractivity contribution in [3.8, 4) is 0 Å². The molecule has 0 aliphatic heterocycles. The van der Waals surface area contributed by atoms with Gasteiger partial charge in [0.15, 0.2) is 0 Å². The quantitative estimate of drug-likeness (QED) is 0.736. The van der Waals surface area contributed by atoms with Crippen LogP contribution in [0.15, 0.2) is 43.7 Å². The number of nitrogens with zero attached hydrogens (tertiary/aromatic N) is 1. The summed E-state index contributed by atoms with van der Waals surface area (Å²) in [6.45, 7) is 2.03. The van der Waals surface area contributed by atoms with Crippen LogP contribution in [0.2, 0.25) is 0 Å². The highest BCUT2D eigenvalue weighted by Crippen LogP contribution is 2.41. The van der Waals surface area contributed by atoms with E-state index in [1.165, 1.54) is 4.88 Å². The average Bonchev–Trinajstić information content (AvgIpc) is 2.74. The lowest BCUT2D eigenvalue weighted by Gasteiger charge is -2.18. The average molecular weight is 408 g/mol. The minimum atomic E-state index is 0.0643. The molecular formula is C12H12Br2N2S2. The molecule has 0 radical (unpaired) electrons. The summed E-state index contributed by atoms with van der Waals surface area (Å²) >= 11 is 10.4. The molecule has 2 nitrogen and oxygen atoms in total. The molecule has 2 atom stereocenters. The van der Waals surface area contributed by atoms with Crippen molar-refractivity contribution >= 4 is 55.0 Å². The Morgan fingerprint density at radius 1 is 1.44 bits per heavy atom. The summed E-state index contributed by atoms with van der Waals surface area (Å²) in [5, 5.41) is 3.27. The molecule has 0 aliphatic carbocycles. The van der Waals surface area contributed by atoms with E-state index in [9.17, 15) is 0 Å². The van der Waals surface area contributed by atoms with Gasteiger partial charge in [0.1, 0.15) is 5.03 Å². The molecule has 0 aromatic carbocycles. The van der Waals surface area contributed by atoms with Gasteiger partial charge in [-0.25, -0.2) is 4.98 Å². The molecule has 0 spiro atoms. The van der Waals surface area contributed by atoms with Crippen LogP contribution in [-0.4, -0.2) is 11.0 Å². The second-order valence-corrected chi connectivity index (χ2v) is 7.70. The van der Waals surface area contributed by atoms with Crippen LogP contribution in [0.25, 0.3) is 0 Å². The first kappa shape index (κ1) is 14.5. The Balaban J connectivity index is 2.25. The first-order valence-corrected chi connectivity index (χ1v) is 8.69. The third kappa shape index (κ3) is 3.57. The second-order valence-electron chi connectivity index (χ2n) is 3.86. The van der Waals surface area contributed by atoms with Gasteiger partial charge in [0.2, 0.25) is 0 Å². The summed E-state index contributed by atoms with van der Waals surface area (Å²) < 4.78 is 2.12. The zero-order chi connectivity index (χ0) is 13.1. The Kier molecular flexibility index (Phi) is 5.26. The highest BCUT2D eigenvalue weighted by molar-refractivity contribution is 9.10. The molecule has 0 saturated carbocycles. The van der Waals surface area contributed by atoms with E-state index in [1.54, 1.807) is 29.3 Å². The van der Waals surface area contributed by atoms with Crippen molar-refractivity contribution < 1.29 is 0 Å². The summed E-state index contributed by atoms with van der Waals surface area (Å²) in [6.07, 6.45) is 1.80. The minimum absolute atomic E-state index is 0.0643. The number of thiophene rings is 1. The molecule has 0 fully saturated rings. The number of aromatic nitrogens is 1. The number of pyridine rings is 1. The summed E-state index contributed by atoms with van der Waals surface area (Å²) in [6, 6.07) is 6.10. The number of nitrogens with two attached hydrogens (primary N) is 1. The Hall–Kier alpha value is 0.120. The smallest absolute Gasteiger partial charge is 0.111 e. The third-order valence-corrected chi connectivity index (χ3v) is 6.62. The van der Waals surface area contributed by atoms with Gasteiger partial charge >= 0.3 is 0 Å². The second kappa shape index (κ2) is 6.52. The van der Waals surface area contributed by atoms with Crippen molar-refractivity contribution in [2.45, 2.75) is 23.2 Å². The van der Waals surface area contributed by atoms with Gasteiger partial charge in [-0.1, -0.05) is 11.8 Å². The van der Waals surface area contributed by atoms with Gasteiger partial charge in [0, 0.05) is 31.4 Å². The Bertz CT molecular complexity index is 528. The van der Waals surface area contributed by atoms with E-state index in [4.69, 9.17) is 5.73 Å². The third-order valence-electron chi connectivity index (χ3n) is 2.31. The molecule has 0 bridgehead atoms. The van der Waals surface area contributed by atoms with Crippen LogP contribution in [0.3, 0.4) is 0 Å². The molecule has 18 heavy (non-hydrogen) atoms. The molecule has 96 valence electrons. The maximum Gasteiger partial charge on any atom is 0.111 e. The largest absolute Gasteiger partial charge is 0.327 e. The van der Waals surface area contributed by atoms with Gasteiger partial charge in [0.25, 0.3) is 0 Å². The fourth-order valence-electron chi connectivity index (χ4n) is 1.48. The van der Waals surface area contributed by atoms with Gasteiger partial charge in [-0.2, -0.15) is 0 Å². The van der Waals surface area contributed by atoms with Gasteiger partial charge in [0.05, 0.1) is 5.25 Å². The van der Waals surface area contributed by atoms with E-state index in [0.29, 0.717) is 0 Å².